The molecule has 2 rings (SSSR count). The van der Waals surface area contributed by atoms with Crippen molar-refractivity contribution in [3.63, 3.8) is 0 Å². The van der Waals surface area contributed by atoms with Crippen molar-refractivity contribution in [1.29, 1.82) is 0 Å². The quantitative estimate of drug-likeness (QED) is 0.739. The van der Waals surface area contributed by atoms with Gasteiger partial charge in [0, 0.05) is 16.6 Å². The predicted molar refractivity (Wildman–Crippen MR) is 94.8 cm³/mol. The molecule has 0 heterocycles. The van der Waals surface area contributed by atoms with Gasteiger partial charge in [0.05, 0.1) is 0 Å². The Morgan fingerprint density at radius 1 is 0.905 bits per heavy atom. The number of halogens is 1. The van der Waals surface area contributed by atoms with Crippen molar-refractivity contribution in [2.75, 3.05) is 0 Å². The van der Waals surface area contributed by atoms with Crippen LogP contribution in [0.15, 0.2) is 40.9 Å². The lowest BCUT2D eigenvalue weighted by molar-refractivity contribution is 0.490. The summed E-state index contributed by atoms with van der Waals surface area (Å²) in [6.45, 7) is 11.0. The van der Waals surface area contributed by atoms with Crippen LogP contribution in [0, 0.1) is 20.8 Å². The van der Waals surface area contributed by atoms with Gasteiger partial charge >= 0.3 is 0 Å². The lowest BCUT2D eigenvalue weighted by Gasteiger charge is -2.24. The second kappa shape index (κ2) is 6.76. The molecule has 2 atom stereocenters. The summed E-state index contributed by atoms with van der Waals surface area (Å²) in [5.41, 5.74) is 6.78. The van der Waals surface area contributed by atoms with E-state index in [9.17, 15) is 0 Å². The number of benzene rings is 2. The number of rotatable bonds is 4. The molecule has 0 aromatic heterocycles. The van der Waals surface area contributed by atoms with Crippen LogP contribution in [-0.4, -0.2) is 0 Å². The minimum absolute atomic E-state index is 0.302. The molecule has 0 amide bonds. The zero-order chi connectivity index (χ0) is 15.6. The molecule has 0 saturated carbocycles. The summed E-state index contributed by atoms with van der Waals surface area (Å²) < 4.78 is 1.16. The van der Waals surface area contributed by atoms with Gasteiger partial charge in [-0.2, -0.15) is 0 Å². The van der Waals surface area contributed by atoms with Gasteiger partial charge in [-0.1, -0.05) is 51.8 Å². The molecule has 0 aliphatic rings. The number of hydrogen-bond donors (Lipinski definition) is 1. The van der Waals surface area contributed by atoms with Crippen LogP contribution in [0.4, 0.5) is 0 Å². The molecule has 21 heavy (non-hydrogen) atoms. The molecule has 0 fully saturated rings. The largest absolute Gasteiger partial charge is 0.304 e. The van der Waals surface area contributed by atoms with Gasteiger partial charge in [-0.15, -0.1) is 0 Å². The normalized spacial score (nSPS) is 14.0. The van der Waals surface area contributed by atoms with E-state index in [1.165, 1.54) is 27.8 Å². The Balaban J connectivity index is 2.22. The van der Waals surface area contributed by atoms with Crippen LogP contribution < -0.4 is 5.32 Å². The molecule has 0 bridgehead atoms. The summed E-state index contributed by atoms with van der Waals surface area (Å²) in [6, 6.07) is 13.6. The van der Waals surface area contributed by atoms with Gasteiger partial charge in [0.15, 0.2) is 0 Å². The molecule has 0 aliphatic heterocycles. The number of hydrogen-bond acceptors (Lipinski definition) is 1. The minimum Gasteiger partial charge on any atom is -0.304 e. The molecule has 0 saturated heterocycles. The highest BCUT2D eigenvalue weighted by Gasteiger charge is 2.16. The van der Waals surface area contributed by atoms with Crippen molar-refractivity contribution in [2.45, 2.75) is 46.7 Å². The Kier molecular flexibility index (Phi) is 5.23. The van der Waals surface area contributed by atoms with Crippen LogP contribution in [0.2, 0.25) is 0 Å². The fraction of sp³-hybridized carbons (Fsp3) is 0.368. The Labute approximate surface area is 136 Å². The van der Waals surface area contributed by atoms with Crippen molar-refractivity contribution in [1.82, 2.24) is 5.32 Å². The maximum atomic E-state index is 3.72. The maximum absolute atomic E-state index is 3.72. The Bertz CT molecular complexity index is 610. The molecule has 1 nitrogen and oxygen atoms in total. The summed E-state index contributed by atoms with van der Waals surface area (Å²) in [5, 5.41) is 3.72. The van der Waals surface area contributed by atoms with Crippen molar-refractivity contribution in [3.8, 4) is 0 Å². The molecule has 112 valence electrons. The lowest BCUT2D eigenvalue weighted by Crippen LogP contribution is -2.24. The van der Waals surface area contributed by atoms with Crippen LogP contribution in [0.25, 0.3) is 0 Å². The topological polar surface area (TPSA) is 12.0 Å². The summed E-state index contributed by atoms with van der Waals surface area (Å²) in [5.74, 6) is 0. The second-order valence-electron chi connectivity index (χ2n) is 5.94. The molecule has 1 N–H and O–H groups in total. The van der Waals surface area contributed by atoms with E-state index in [1.807, 2.05) is 0 Å². The third-order valence-electron chi connectivity index (χ3n) is 4.04. The van der Waals surface area contributed by atoms with Gasteiger partial charge in [0.25, 0.3) is 0 Å². The molecule has 1 unspecified atom stereocenters. The Hall–Kier alpha value is -1.12. The van der Waals surface area contributed by atoms with Gasteiger partial charge < -0.3 is 5.32 Å². The van der Waals surface area contributed by atoms with Gasteiger partial charge in [0.1, 0.15) is 0 Å². The van der Waals surface area contributed by atoms with Crippen LogP contribution in [-0.2, 0) is 0 Å². The predicted octanol–water partition coefficient (Wildman–Crippen LogP) is 5.79. The fourth-order valence-electron chi connectivity index (χ4n) is 3.25. The molecule has 2 aromatic carbocycles. The number of nitrogens with one attached hydrogen (secondary N) is 1. The molecular formula is C19H24BrN. The van der Waals surface area contributed by atoms with Crippen LogP contribution >= 0.6 is 15.9 Å². The first-order chi connectivity index (χ1) is 9.90. The van der Waals surface area contributed by atoms with E-state index >= 15 is 0 Å². The first-order valence-electron chi connectivity index (χ1n) is 7.48. The van der Waals surface area contributed by atoms with E-state index in [1.54, 1.807) is 0 Å². The van der Waals surface area contributed by atoms with Gasteiger partial charge in [-0.25, -0.2) is 0 Å². The standard InChI is InChI=1S/C19H24BrN/c1-12-10-13(2)19(14(3)11-12)16(5)21-15(4)17-8-6-7-9-18(17)20/h6-11,15-16,21H,1-5H3/t15-,16?/m1/s1. The summed E-state index contributed by atoms with van der Waals surface area (Å²) >= 11 is 3.64. The van der Waals surface area contributed by atoms with Crippen molar-refractivity contribution >= 4 is 15.9 Å². The van der Waals surface area contributed by atoms with E-state index in [-0.39, 0.29) is 0 Å². The Morgan fingerprint density at radius 3 is 2.05 bits per heavy atom. The molecule has 2 aromatic rings. The van der Waals surface area contributed by atoms with Crippen molar-refractivity contribution in [3.05, 3.63) is 68.7 Å². The molecular weight excluding hydrogens is 322 g/mol. The highest BCUT2D eigenvalue weighted by atomic mass is 79.9. The maximum Gasteiger partial charge on any atom is 0.0308 e. The fourth-order valence-corrected chi connectivity index (χ4v) is 3.88. The SMILES string of the molecule is Cc1cc(C)c(C(C)N[C@H](C)c2ccccc2Br)c(C)c1. The Morgan fingerprint density at radius 2 is 1.48 bits per heavy atom. The third kappa shape index (κ3) is 3.75. The highest BCUT2D eigenvalue weighted by molar-refractivity contribution is 9.10. The van der Waals surface area contributed by atoms with Crippen LogP contribution in [0.3, 0.4) is 0 Å². The van der Waals surface area contributed by atoms with Gasteiger partial charge in [-0.05, 0) is 62.9 Å². The average Bonchev–Trinajstić information content (AvgIpc) is 2.37. The van der Waals surface area contributed by atoms with Crippen molar-refractivity contribution < 1.29 is 0 Å². The van der Waals surface area contributed by atoms with E-state index in [2.05, 4.69) is 92.3 Å². The van der Waals surface area contributed by atoms with E-state index in [0.29, 0.717) is 12.1 Å². The van der Waals surface area contributed by atoms with Crippen LogP contribution in [0.1, 0.15) is 53.7 Å². The first-order valence-corrected chi connectivity index (χ1v) is 8.27. The zero-order valence-electron chi connectivity index (χ0n) is 13.5. The monoisotopic (exact) mass is 345 g/mol. The highest BCUT2D eigenvalue weighted by Crippen LogP contribution is 2.28. The minimum atomic E-state index is 0.302. The molecule has 2 heteroatoms. The second-order valence-corrected chi connectivity index (χ2v) is 6.80. The number of aryl methyl sites for hydroxylation is 3. The molecule has 0 aliphatic carbocycles. The van der Waals surface area contributed by atoms with Gasteiger partial charge in [0.2, 0.25) is 0 Å². The third-order valence-corrected chi connectivity index (χ3v) is 4.76. The lowest BCUT2D eigenvalue weighted by atomic mass is 9.94. The summed E-state index contributed by atoms with van der Waals surface area (Å²) in [4.78, 5) is 0. The van der Waals surface area contributed by atoms with Crippen molar-refractivity contribution in [2.24, 2.45) is 0 Å². The average molecular weight is 346 g/mol. The smallest absolute Gasteiger partial charge is 0.0308 e. The van der Waals surface area contributed by atoms with E-state index < -0.39 is 0 Å². The molecule has 0 spiro atoms. The zero-order valence-corrected chi connectivity index (χ0v) is 15.1. The van der Waals surface area contributed by atoms with E-state index in [4.69, 9.17) is 0 Å². The summed E-state index contributed by atoms with van der Waals surface area (Å²) in [6.07, 6.45) is 0. The first kappa shape index (κ1) is 16.3. The van der Waals surface area contributed by atoms with Gasteiger partial charge in [-0.3, -0.25) is 0 Å². The molecule has 0 radical (unpaired) electrons. The van der Waals surface area contributed by atoms with E-state index in [0.717, 1.165) is 4.47 Å². The summed E-state index contributed by atoms with van der Waals surface area (Å²) in [7, 11) is 0. The van der Waals surface area contributed by atoms with Crippen LogP contribution in [0.5, 0.6) is 0 Å².